The van der Waals surface area contributed by atoms with Gasteiger partial charge in [-0.2, -0.15) is 0 Å². The zero-order valence-corrected chi connectivity index (χ0v) is 10.4. The maximum Gasteiger partial charge on any atom is 0.244 e. The van der Waals surface area contributed by atoms with Crippen molar-refractivity contribution in [1.82, 2.24) is 10.3 Å². The summed E-state index contributed by atoms with van der Waals surface area (Å²) in [6.45, 7) is 2.60. The molecule has 0 atom stereocenters. The van der Waals surface area contributed by atoms with E-state index >= 15 is 0 Å². The number of rotatable bonds is 4. The van der Waals surface area contributed by atoms with E-state index in [1.807, 2.05) is 43.6 Å². The Morgan fingerprint density at radius 3 is 3.00 bits per heavy atom. The van der Waals surface area contributed by atoms with Gasteiger partial charge in [-0.3, -0.25) is 4.79 Å². The molecule has 0 aliphatic carbocycles. The lowest BCUT2D eigenvalue weighted by Gasteiger charge is -1.98. The van der Waals surface area contributed by atoms with Crippen LogP contribution in [0.5, 0.6) is 0 Å². The van der Waals surface area contributed by atoms with Gasteiger partial charge in [-0.1, -0.05) is 0 Å². The Morgan fingerprint density at radius 1 is 1.47 bits per heavy atom. The van der Waals surface area contributed by atoms with Crippen molar-refractivity contribution in [3.63, 3.8) is 0 Å². The van der Waals surface area contributed by atoms with Gasteiger partial charge in [0, 0.05) is 34.8 Å². The zero-order chi connectivity index (χ0) is 12.1. The molecule has 0 saturated heterocycles. The third-order valence-electron chi connectivity index (χ3n) is 2.29. The van der Waals surface area contributed by atoms with E-state index in [2.05, 4.69) is 10.3 Å². The Balaban J connectivity index is 1.83. The highest BCUT2D eigenvalue weighted by Crippen LogP contribution is 2.16. The van der Waals surface area contributed by atoms with Gasteiger partial charge in [0.2, 0.25) is 5.91 Å². The van der Waals surface area contributed by atoms with Crippen molar-refractivity contribution in [2.45, 2.75) is 13.5 Å². The molecule has 2 rings (SSSR count). The number of amides is 1. The maximum absolute atomic E-state index is 11.5. The Bertz CT molecular complexity index is 511. The first-order chi connectivity index (χ1) is 8.24. The average molecular weight is 246 g/mol. The summed E-state index contributed by atoms with van der Waals surface area (Å²) >= 11 is 1.67. The number of H-pyrrole nitrogens is 1. The number of thiophene rings is 1. The highest BCUT2D eigenvalue weighted by atomic mass is 32.1. The lowest BCUT2D eigenvalue weighted by atomic mass is 10.3. The number of aromatic nitrogens is 1. The van der Waals surface area contributed by atoms with Gasteiger partial charge >= 0.3 is 0 Å². The largest absolute Gasteiger partial charge is 0.367 e. The SMILES string of the molecule is Cc1ccc(/C=C/C(=O)NCc2cc[nH]c2)s1. The fraction of sp³-hybridized carbons (Fsp3) is 0.154. The molecule has 0 aromatic carbocycles. The average Bonchev–Trinajstić information content (AvgIpc) is 2.95. The van der Waals surface area contributed by atoms with Crippen LogP contribution in [0.15, 0.2) is 36.7 Å². The van der Waals surface area contributed by atoms with Crippen LogP contribution < -0.4 is 5.32 Å². The van der Waals surface area contributed by atoms with Crippen molar-refractivity contribution in [3.8, 4) is 0 Å². The van der Waals surface area contributed by atoms with E-state index in [4.69, 9.17) is 0 Å². The van der Waals surface area contributed by atoms with Crippen LogP contribution in [-0.2, 0) is 11.3 Å². The van der Waals surface area contributed by atoms with Gasteiger partial charge in [0.05, 0.1) is 0 Å². The molecule has 0 saturated carbocycles. The lowest BCUT2D eigenvalue weighted by Crippen LogP contribution is -2.19. The smallest absolute Gasteiger partial charge is 0.244 e. The Labute approximate surface area is 104 Å². The second-order valence-corrected chi connectivity index (χ2v) is 5.04. The summed E-state index contributed by atoms with van der Waals surface area (Å²) in [6, 6.07) is 5.99. The van der Waals surface area contributed by atoms with Crippen LogP contribution in [0.3, 0.4) is 0 Å². The Kier molecular flexibility index (Phi) is 3.77. The topological polar surface area (TPSA) is 44.9 Å². The van der Waals surface area contributed by atoms with Crippen molar-refractivity contribution in [1.29, 1.82) is 0 Å². The van der Waals surface area contributed by atoms with Crippen LogP contribution in [0.1, 0.15) is 15.3 Å². The van der Waals surface area contributed by atoms with Crippen LogP contribution in [0.4, 0.5) is 0 Å². The Hall–Kier alpha value is -1.81. The van der Waals surface area contributed by atoms with Gasteiger partial charge in [0.1, 0.15) is 0 Å². The van der Waals surface area contributed by atoms with E-state index in [0.717, 1.165) is 10.4 Å². The van der Waals surface area contributed by atoms with Crippen molar-refractivity contribution < 1.29 is 4.79 Å². The summed E-state index contributed by atoms with van der Waals surface area (Å²) in [5.41, 5.74) is 1.07. The van der Waals surface area contributed by atoms with Crippen molar-refractivity contribution in [2.75, 3.05) is 0 Å². The quantitative estimate of drug-likeness (QED) is 0.800. The predicted octanol–water partition coefficient (Wildman–Crippen LogP) is 2.71. The number of carbonyl (C=O) groups is 1. The number of nitrogens with one attached hydrogen (secondary N) is 2. The molecule has 17 heavy (non-hydrogen) atoms. The summed E-state index contributed by atoms with van der Waals surface area (Å²) in [4.78, 5) is 16.8. The van der Waals surface area contributed by atoms with Gasteiger partial charge in [0.15, 0.2) is 0 Å². The third kappa shape index (κ3) is 3.60. The second kappa shape index (κ2) is 5.50. The molecule has 4 heteroatoms. The molecule has 2 heterocycles. The zero-order valence-electron chi connectivity index (χ0n) is 9.57. The van der Waals surface area contributed by atoms with Crippen LogP contribution in [0.25, 0.3) is 6.08 Å². The lowest BCUT2D eigenvalue weighted by molar-refractivity contribution is -0.116. The first-order valence-electron chi connectivity index (χ1n) is 5.38. The maximum atomic E-state index is 11.5. The van der Waals surface area contributed by atoms with Gasteiger partial charge in [0.25, 0.3) is 0 Å². The number of aryl methyl sites for hydroxylation is 1. The van der Waals surface area contributed by atoms with E-state index < -0.39 is 0 Å². The molecule has 0 bridgehead atoms. The highest BCUT2D eigenvalue weighted by Gasteiger charge is 1.97. The highest BCUT2D eigenvalue weighted by molar-refractivity contribution is 7.12. The number of hydrogen-bond donors (Lipinski definition) is 2. The monoisotopic (exact) mass is 246 g/mol. The minimum atomic E-state index is -0.0720. The second-order valence-electron chi connectivity index (χ2n) is 3.72. The third-order valence-corrected chi connectivity index (χ3v) is 3.26. The number of carbonyl (C=O) groups excluding carboxylic acids is 1. The predicted molar refractivity (Wildman–Crippen MR) is 70.7 cm³/mol. The van der Waals surface area contributed by atoms with E-state index in [1.54, 1.807) is 17.4 Å². The van der Waals surface area contributed by atoms with Gasteiger partial charge in [-0.25, -0.2) is 0 Å². The summed E-state index contributed by atoms with van der Waals surface area (Å²) in [5.74, 6) is -0.0720. The van der Waals surface area contributed by atoms with Gasteiger partial charge in [-0.15, -0.1) is 11.3 Å². The number of aromatic amines is 1. The molecule has 0 radical (unpaired) electrons. The molecule has 1 amide bonds. The summed E-state index contributed by atoms with van der Waals surface area (Å²) < 4.78 is 0. The van der Waals surface area contributed by atoms with E-state index in [9.17, 15) is 4.79 Å². The summed E-state index contributed by atoms with van der Waals surface area (Å²) in [6.07, 6.45) is 7.11. The molecule has 2 aromatic heterocycles. The molecule has 0 spiro atoms. The van der Waals surface area contributed by atoms with Crippen LogP contribution >= 0.6 is 11.3 Å². The summed E-state index contributed by atoms with van der Waals surface area (Å²) in [7, 11) is 0. The standard InChI is InChI=1S/C13H14N2OS/c1-10-2-3-12(17-10)4-5-13(16)15-9-11-6-7-14-8-11/h2-8,14H,9H2,1H3,(H,15,16)/b5-4+. The van der Waals surface area contributed by atoms with E-state index in [-0.39, 0.29) is 5.91 Å². The molecule has 2 aromatic rings. The fourth-order valence-electron chi connectivity index (χ4n) is 1.42. The van der Waals surface area contributed by atoms with Crippen molar-refractivity contribution >= 4 is 23.3 Å². The molecule has 2 N–H and O–H groups in total. The van der Waals surface area contributed by atoms with E-state index in [0.29, 0.717) is 6.54 Å². The number of hydrogen-bond acceptors (Lipinski definition) is 2. The fourth-order valence-corrected chi connectivity index (χ4v) is 2.20. The first kappa shape index (κ1) is 11.7. The first-order valence-corrected chi connectivity index (χ1v) is 6.20. The molecular formula is C13H14N2OS. The molecule has 0 aliphatic rings. The van der Waals surface area contributed by atoms with Gasteiger partial charge in [-0.05, 0) is 36.8 Å². The molecular weight excluding hydrogens is 232 g/mol. The van der Waals surface area contributed by atoms with Crippen LogP contribution in [0, 0.1) is 6.92 Å². The van der Waals surface area contributed by atoms with Crippen molar-refractivity contribution in [3.05, 3.63) is 52.0 Å². The molecule has 3 nitrogen and oxygen atoms in total. The molecule has 0 aliphatic heterocycles. The minimum absolute atomic E-state index is 0.0720. The minimum Gasteiger partial charge on any atom is -0.367 e. The van der Waals surface area contributed by atoms with Crippen LogP contribution in [0.2, 0.25) is 0 Å². The molecule has 0 fully saturated rings. The normalized spacial score (nSPS) is 10.9. The Morgan fingerprint density at radius 2 is 2.35 bits per heavy atom. The summed E-state index contributed by atoms with van der Waals surface area (Å²) in [5, 5.41) is 2.82. The van der Waals surface area contributed by atoms with Crippen molar-refractivity contribution in [2.24, 2.45) is 0 Å². The molecule has 88 valence electrons. The molecule has 0 unspecified atom stereocenters. The van der Waals surface area contributed by atoms with E-state index in [1.165, 1.54) is 4.88 Å². The van der Waals surface area contributed by atoms with Crippen LogP contribution in [-0.4, -0.2) is 10.9 Å². The van der Waals surface area contributed by atoms with Gasteiger partial charge < -0.3 is 10.3 Å².